The molecule has 2 rings (SSSR count). The Morgan fingerprint density at radius 3 is 2.53 bits per heavy atom. The van der Waals surface area contributed by atoms with Gasteiger partial charge in [-0.1, -0.05) is 20.8 Å². The Balaban J connectivity index is 2.34. The maximum absolute atomic E-state index is 5.70. The lowest BCUT2D eigenvalue weighted by molar-refractivity contribution is 0.446. The normalized spacial score (nSPS) is 11.4. The minimum absolute atomic E-state index is 0.139. The summed E-state index contributed by atoms with van der Waals surface area (Å²) >= 11 is 0. The van der Waals surface area contributed by atoms with Crippen LogP contribution in [0.3, 0.4) is 0 Å². The third kappa shape index (κ3) is 3.21. The van der Waals surface area contributed by atoms with Crippen molar-refractivity contribution in [3.63, 3.8) is 0 Å². The van der Waals surface area contributed by atoms with Gasteiger partial charge in [0.2, 0.25) is 5.88 Å². The van der Waals surface area contributed by atoms with Gasteiger partial charge in [-0.15, -0.1) is 0 Å². The van der Waals surface area contributed by atoms with Gasteiger partial charge in [0.15, 0.2) is 5.75 Å². The average Bonchev–Trinajstić information content (AvgIpc) is 2.73. The van der Waals surface area contributed by atoms with Crippen molar-refractivity contribution in [2.75, 3.05) is 12.4 Å². The van der Waals surface area contributed by atoms with E-state index in [1.807, 2.05) is 14.1 Å². The molecule has 0 radical (unpaired) electrons. The van der Waals surface area contributed by atoms with Crippen molar-refractivity contribution in [3.8, 4) is 11.6 Å². The fourth-order valence-electron chi connectivity index (χ4n) is 1.51. The fourth-order valence-corrected chi connectivity index (χ4v) is 1.51. The molecule has 0 saturated carbocycles. The minimum atomic E-state index is -0.139. The van der Waals surface area contributed by atoms with Crippen LogP contribution < -0.4 is 10.1 Å². The Hall–Kier alpha value is -2.11. The van der Waals surface area contributed by atoms with Crippen LogP contribution in [0.25, 0.3) is 0 Å². The maximum atomic E-state index is 5.70. The van der Waals surface area contributed by atoms with Crippen LogP contribution in [0.4, 0.5) is 5.82 Å². The smallest absolute Gasteiger partial charge is 0.224 e. The molecule has 0 unspecified atom stereocenters. The lowest BCUT2D eigenvalue weighted by Gasteiger charge is -2.18. The first-order valence-electron chi connectivity index (χ1n) is 6.12. The second-order valence-corrected chi connectivity index (χ2v) is 5.37. The molecule has 2 aromatic heterocycles. The van der Waals surface area contributed by atoms with Crippen molar-refractivity contribution in [1.82, 2.24) is 19.7 Å². The van der Waals surface area contributed by atoms with E-state index >= 15 is 0 Å². The van der Waals surface area contributed by atoms with Crippen molar-refractivity contribution < 1.29 is 4.74 Å². The molecule has 0 amide bonds. The van der Waals surface area contributed by atoms with Crippen LogP contribution in [0.2, 0.25) is 0 Å². The highest BCUT2D eigenvalue weighted by Gasteiger charge is 2.19. The molecule has 0 fully saturated rings. The van der Waals surface area contributed by atoms with Gasteiger partial charge in [0, 0.05) is 25.6 Å². The van der Waals surface area contributed by atoms with E-state index in [0.717, 1.165) is 11.6 Å². The Morgan fingerprint density at radius 1 is 1.26 bits per heavy atom. The van der Waals surface area contributed by atoms with E-state index in [2.05, 4.69) is 41.2 Å². The third-order valence-electron chi connectivity index (χ3n) is 2.53. The summed E-state index contributed by atoms with van der Waals surface area (Å²) in [6.07, 6.45) is 3.44. The summed E-state index contributed by atoms with van der Waals surface area (Å²) in [5.41, 5.74) is -0.139. The number of hydrogen-bond acceptors (Lipinski definition) is 5. The van der Waals surface area contributed by atoms with Crippen LogP contribution in [0.15, 0.2) is 18.5 Å². The van der Waals surface area contributed by atoms with E-state index in [1.165, 1.54) is 0 Å². The highest BCUT2D eigenvalue weighted by molar-refractivity contribution is 5.39. The lowest BCUT2D eigenvalue weighted by atomic mass is 9.96. The molecule has 6 nitrogen and oxygen atoms in total. The molecule has 0 aromatic carbocycles. The monoisotopic (exact) mass is 261 g/mol. The number of ether oxygens (including phenoxy) is 1. The summed E-state index contributed by atoms with van der Waals surface area (Å²) in [5.74, 6) is 2.64. The van der Waals surface area contributed by atoms with Crippen LogP contribution in [-0.2, 0) is 12.5 Å². The van der Waals surface area contributed by atoms with Crippen molar-refractivity contribution in [1.29, 1.82) is 0 Å². The molecule has 0 bridgehead atoms. The van der Waals surface area contributed by atoms with E-state index < -0.39 is 0 Å². The van der Waals surface area contributed by atoms with Crippen molar-refractivity contribution >= 4 is 5.82 Å². The molecular weight excluding hydrogens is 242 g/mol. The quantitative estimate of drug-likeness (QED) is 0.918. The van der Waals surface area contributed by atoms with Gasteiger partial charge in [-0.3, -0.25) is 4.68 Å². The zero-order chi connectivity index (χ0) is 14.0. The van der Waals surface area contributed by atoms with Gasteiger partial charge in [0.25, 0.3) is 0 Å². The summed E-state index contributed by atoms with van der Waals surface area (Å²) in [4.78, 5) is 8.89. The predicted octanol–water partition coefficient (Wildman–Crippen LogP) is 2.34. The van der Waals surface area contributed by atoms with Crippen LogP contribution >= 0.6 is 0 Å². The molecule has 6 heteroatoms. The molecule has 0 saturated heterocycles. The number of hydrogen-bond donors (Lipinski definition) is 1. The summed E-state index contributed by atoms with van der Waals surface area (Å²) in [6.45, 7) is 6.20. The zero-order valence-corrected chi connectivity index (χ0v) is 11.9. The molecule has 0 aliphatic carbocycles. The molecule has 2 aromatic rings. The molecule has 1 N–H and O–H groups in total. The largest absolute Gasteiger partial charge is 0.436 e. The molecule has 102 valence electrons. The van der Waals surface area contributed by atoms with E-state index in [4.69, 9.17) is 4.74 Å². The molecule has 2 heterocycles. The van der Waals surface area contributed by atoms with Gasteiger partial charge in [0.1, 0.15) is 11.6 Å². The van der Waals surface area contributed by atoms with Gasteiger partial charge in [-0.05, 0) is 0 Å². The van der Waals surface area contributed by atoms with Crippen molar-refractivity contribution in [2.24, 2.45) is 7.05 Å². The van der Waals surface area contributed by atoms with Gasteiger partial charge in [-0.2, -0.15) is 10.1 Å². The van der Waals surface area contributed by atoms with E-state index in [9.17, 15) is 0 Å². The Bertz CT molecular complexity index is 571. The number of nitrogens with one attached hydrogen (secondary N) is 1. The van der Waals surface area contributed by atoms with E-state index in [1.54, 1.807) is 23.1 Å². The molecular formula is C13H19N5O. The van der Waals surface area contributed by atoms with Crippen LogP contribution in [0.1, 0.15) is 26.6 Å². The molecule has 0 aliphatic heterocycles. The number of rotatable bonds is 3. The summed E-state index contributed by atoms with van der Waals surface area (Å²) in [6, 6.07) is 1.77. The second-order valence-electron chi connectivity index (χ2n) is 5.37. The van der Waals surface area contributed by atoms with E-state index in [-0.39, 0.29) is 5.41 Å². The van der Waals surface area contributed by atoms with Gasteiger partial charge >= 0.3 is 0 Å². The first-order valence-corrected chi connectivity index (χ1v) is 6.12. The molecule has 0 atom stereocenters. The highest BCUT2D eigenvalue weighted by Crippen LogP contribution is 2.25. The predicted molar refractivity (Wildman–Crippen MR) is 73.6 cm³/mol. The zero-order valence-electron chi connectivity index (χ0n) is 11.9. The first kappa shape index (κ1) is 13.3. The number of aromatic nitrogens is 4. The third-order valence-corrected chi connectivity index (χ3v) is 2.53. The second kappa shape index (κ2) is 4.87. The Kier molecular flexibility index (Phi) is 3.42. The minimum Gasteiger partial charge on any atom is -0.436 e. The molecule has 19 heavy (non-hydrogen) atoms. The number of anilines is 1. The van der Waals surface area contributed by atoms with E-state index in [0.29, 0.717) is 11.6 Å². The maximum Gasteiger partial charge on any atom is 0.224 e. The summed E-state index contributed by atoms with van der Waals surface area (Å²) < 4.78 is 7.38. The molecule has 0 spiro atoms. The van der Waals surface area contributed by atoms with Gasteiger partial charge in [0.05, 0.1) is 12.4 Å². The van der Waals surface area contributed by atoms with Crippen molar-refractivity contribution in [2.45, 2.75) is 26.2 Å². The fraction of sp³-hybridized carbons (Fsp3) is 0.462. The van der Waals surface area contributed by atoms with Gasteiger partial charge in [-0.25, -0.2) is 4.98 Å². The number of nitrogens with zero attached hydrogens (tertiary/aromatic N) is 4. The van der Waals surface area contributed by atoms with Crippen LogP contribution in [-0.4, -0.2) is 26.8 Å². The Labute approximate surface area is 112 Å². The summed E-state index contributed by atoms with van der Waals surface area (Å²) in [5, 5.41) is 7.08. The van der Waals surface area contributed by atoms with Crippen molar-refractivity contribution in [3.05, 3.63) is 24.3 Å². The SMILES string of the molecule is CNc1cc(Oc2cnn(C)c2)nc(C(C)(C)C)n1. The lowest BCUT2D eigenvalue weighted by Crippen LogP contribution is -2.17. The topological polar surface area (TPSA) is 64.9 Å². The highest BCUT2D eigenvalue weighted by atomic mass is 16.5. The van der Waals surface area contributed by atoms with Gasteiger partial charge < -0.3 is 10.1 Å². The average molecular weight is 261 g/mol. The van der Waals surface area contributed by atoms with Crippen LogP contribution in [0.5, 0.6) is 11.6 Å². The first-order chi connectivity index (χ1) is 8.88. The Morgan fingerprint density at radius 2 is 2.00 bits per heavy atom. The van der Waals surface area contributed by atoms with Crippen LogP contribution in [0, 0.1) is 0 Å². The standard InChI is InChI=1S/C13H19N5O/c1-13(2,3)12-16-10(14-4)6-11(17-12)19-9-7-15-18(5)8-9/h6-8H,1-5H3,(H,14,16,17). The molecule has 0 aliphatic rings. The summed E-state index contributed by atoms with van der Waals surface area (Å²) in [7, 11) is 3.66. The number of aryl methyl sites for hydroxylation is 1.